The van der Waals surface area contributed by atoms with Crippen LogP contribution in [0.2, 0.25) is 0 Å². The fourth-order valence-electron chi connectivity index (χ4n) is 3.65. The van der Waals surface area contributed by atoms with Crippen LogP contribution in [0.15, 0.2) is 60.9 Å². The lowest BCUT2D eigenvalue weighted by Crippen LogP contribution is -2.13. The minimum absolute atomic E-state index is 0.249. The minimum atomic E-state index is -0.249. The summed E-state index contributed by atoms with van der Waals surface area (Å²) in [5.41, 5.74) is 4.75. The van der Waals surface area contributed by atoms with E-state index in [-0.39, 0.29) is 5.82 Å². The first-order chi connectivity index (χ1) is 14.2. The second kappa shape index (κ2) is 8.43. The number of aromatic amines is 1. The summed E-state index contributed by atoms with van der Waals surface area (Å²) in [4.78, 5) is 12.4. The molecule has 0 radical (unpaired) electrons. The van der Waals surface area contributed by atoms with E-state index in [4.69, 9.17) is 4.98 Å². The average molecular weight is 388 g/mol. The van der Waals surface area contributed by atoms with E-state index in [0.29, 0.717) is 5.92 Å². The third kappa shape index (κ3) is 3.99. The Hall–Kier alpha value is -3.21. The van der Waals surface area contributed by atoms with E-state index in [9.17, 15) is 4.39 Å². The largest absolute Gasteiger partial charge is 0.370 e. The predicted molar refractivity (Wildman–Crippen MR) is 117 cm³/mol. The van der Waals surface area contributed by atoms with Gasteiger partial charge in [-0.2, -0.15) is 0 Å². The summed E-state index contributed by atoms with van der Waals surface area (Å²) >= 11 is 0. The molecule has 0 saturated carbocycles. The number of H-pyrrole nitrogens is 1. The topological polar surface area (TPSA) is 53.6 Å². The first-order valence-electron chi connectivity index (χ1n) is 10.1. The molecule has 0 bridgehead atoms. The number of benzene rings is 1. The molecule has 1 aromatic carbocycles. The molecule has 148 valence electrons. The molecule has 3 aromatic heterocycles. The molecule has 0 atom stereocenters. The molecular formula is C24H25FN4. The number of fused-ring (bicyclic) bond motifs is 1. The van der Waals surface area contributed by atoms with E-state index in [1.807, 2.05) is 18.2 Å². The van der Waals surface area contributed by atoms with Crippen LogP contribution in [-0.4, -0.2) is 21.5 Å². The molecule has 5 heteroatoms. The van der Waals surface area contributed by atoms with Crippen LogP contribution in [0, 0.1) is 11.7 Å². The highest BCUT2D eigenvalue weighted by molar-refractivity contribution is 6.02. The highest BCUT2D eigenvalue weighted by Crippen LogP contribution is 2.38. The number of anilines is 1. The molecule has 4 rings (SSSR count). The Balaban J connectivity index is 1.79. The maximum atomic E-state index is 13.5. The van der Waals surface area contributed by atoms with Crippen LogP contribution in [0.1, 0.15) is 26.7 Å². The monoisotopic (exact) mass is 388 g/mol. The van der Waals surface area contributed by atoms with Crippen LogP contribution in [0.25, 0.3) is 33.4 Å². The summed E-state index contributed by atoms with van der Waals surface area (Å²) in [6.45, 7) is 5.34. The van der Waals surface area contributed by atoms with Crippen molar-refractivity contribution >= 4 is 16.9 Å². The van der Waals surface area contributed by atoms with Gasteiger partial charge in [0.25, 0.3) is 0 Å². The average Bonchev–Trinajstić information content (AvgIpc) is 3.14. The van der Waals surface area contributed by atoms with E-state index in [0.717, 1.165) is 58.6 Å². The standard InChI is InChI=1S/C24H25FN4/c1-3-16(4-2)15-27-21-10-9-20-22(17-11-13-26-14-12-17)23(29-24(20)28-21)18-5-7-19(25)8-6-18/h5-14,16H,3-4,15H2,1-2H3,(H2,27,28,29). The summed E-state index contributed by atoms with van der Waals surface area (Å²) in [5, 5.41) is 4.49. The summed E-state index contributed by atoms with van der Waals surface area (Å²) < 4.78 is 13.5. The maximum Gasteiger partial charge on any atom is 0.140 e. The Morgan fingerprint density at radius 2 is 1.66 bits per heavy atom. The fraction of sp³-hybridized carbons (Fsp3) is 0.250. The van der Waals surface area contributed by atoms with Crippen molar-refractivity contribution in [3.63, 3.8) is 0 Å². The van der Waals surface area contributed by atoms with Gasteiger partial charge in [-0.15, -0.1) is 0 Å². The summed E-state index contributed by atoms with van der Waals surface area (Å²) in [5.74, 6) is 1.25. The number of hydrogen-bond donors (Lipinski definition) is 2. The van der Waals surface area contributed by atoms with Crippen molar-refractivity contribution in [2.45, 2.75) is 26.7 Å². The van der Waals surface area contributed by atoms with Gasteiger partial charge in [-0.25, -0.2) is 9.37 Å². The predicted octanol–water partition coefficient (Wildman–Crippen LogP) is 6.28. The number of aromatic nitrogens is 3. The van der Waals surface area contributed by atoms with E-state index < -0.39 is 0 Å². The van der Waals surface area contributed by atoms with Gasteiger partial charge in [0.15, 0.2) is 0 Å². The first kappa shape index (κ1) is 19.1. The third-order valence-electron chi connectivity index (χ3n) is 5.49. The molecule has 4 aromatic rings. The highest BCUT2D eigenvalue weighted by atomic mass is 19.1. The smallest absolute Gasteiger partial charge is 0.140 e. The summed E-state index contributed by atoms with van der Waals surface area (Å²) in [6, 6.07) is 14.6. The third-order valence-corrected chi connectivity index (χ3v) is 5.49. The molecular weight excluding hydrogens is 363 g/mol. The lowest BCUT2D eigenvalue weighted by atomic mass is 10.00. The Bertz CT molecular complexity index is 1080. The van der Waals surface area contributed by atoms with Crippen molar-refractivity contribution in [3.05, 3.63) is 66.7 Å². The molecule has 29 heavy (non-hydrogen) atoms. The second-order valence-corrected chi connectivity index (χ2v) is 7.27. The summed E-state index contributed by atoms with van der Waals surface area (Å²) in [7, 11) is 0. The molecule has 0 amide bonds. The van der Waals surface area contributed by atoms with E-state index in [1.54, 1.807) is 24.5 Å². The Morgan fingerprint density at radius 1 is 0.931 bits per heavy atom. The van der Waals surface area contributed by atoms with E-state index in [1.165, 1.54) is 12.1 Å². The van der Waals surface area contributed by atoms with Gasteiger partial charge in [-0.1, -0.05) is 26.7 Å². The molecule has 0 fully saturated rings. The van der Waals surface area contributed by atoms with Gasteiger partial charge in [0.1, 0.15) is 17.3 Å². The van der Waals surface area contributed by atoms with Crippen LogP contribution in [-0.2, 0) is 0 Å². The number of nitrogens with one attached hydrogen (secondary N) is 2. The lowest BCUT2D eigenvalue weighted by Gasteiger charge is -2.13. The van der Waals surface area contributed by atoms with Gasteiger partial charge in [0.2, 0.25) is 0 Å². The molecule has 0 aliphatic heterocycles. The van der Waals surface area contributed by atoms with Crippen molar-refractivity contribution in [1.29, 1.82) is 0 Å². The summed E-state index contributed by atoms with van der Waals surface area (Å²) in [6.07, 6.45) is 5.85. The Labute approximate surface area is 170 Å². The van der Waals surface area contributed by atoms with Crippen molar-refractivity contribution in [2.75, 3.05) is 11.9 Å². The maximum absolute atomic E-state index is 13.5. The van der Waals surface area contributed by atoms with Crippen molar-refractivity contribution in [2.24, 2.45) is 5.92 Å². The fourth-order valence-corrected chi connectivity index (χ4v) is 3.65. The minimum Gasteiger partial charge on any atom is -0.370 e. The van der Waals surface area contributed by atoms with Gasteiger partial charge in [-0.05, 0) is 65.6 Å². The van der Waals surface area contributed by atoms with Gasteiger partial charge < -0.3 is 10.3 Å². The number of hydrogen-bond acceptors (Lipinski definition) is 3. The van der Waals surface area contributed by atoms with Gasteiger partial charge in [-0.3, -0.25) is 4.98 Å². The van der Waals surface area contributed by atoms with Crippen LogP contribution in [0.3, 0.4) is 0 Å². The van der Waals surface area contributed by atoms with Gasteiger partial charge in [0.05, 0.1) is 5.69 Å². The van der Waals surface area contributed by atoms with Crippen LogP contribution in [0.5, 0.6) is 0 Å². The van der Waals surface area contributed by atoms with Crippen molar-refractivity contribution in [1.82, 2.24) is 15.0 Å². The van der Waals surface area contributed by atoms with Crippen LogP contribution in [0.4, 0.5) is 10.2 Å². The van der Waals surface area contributed by atoms with Crippen LogP contribution < -0.4 is 5.32 Å². The Morgan fingerprint density at radius 3 is 2.34 bits per heavy atom. The molecule has 4 nitrogen and oxygen atoms in total. The normalized spacial score (nSPS) is 11.3. The second-order valence-electron chi connectivity index (χ2n) is 7.27. The molecule has 3 heterocycles. The zero-order valence-electron chi connectivity index (χ0n) is 16.7. The molecule has 0 aliphatic rings. The molecule has 0 saturated heterocycles. The van der Waals surface area contributed by atoms with Crippen molar-refractivity contribution < 1.29 is 4.39 Å². The zero-order valence-corrected chi connectivity index (χ0v) is 16.7. The van der Waals surface area contributed by atoms with E-state index >= 15 is 0 Å². The van der Waals surface area contributed by atoms with Crippen LogP contribution >= 0.6 is 0 Å². The SMILES string of the molecule is CCC(CC)CNc1ccc2c(-c3ccncc3)c(-c3ccc(F)cc3)[nH]c2n1. The number of pyridine rings is 2. The number of rotatable bonds is 7. The molecule has 0 spiro atoms. The highest BCUT2D eigenvalue weighted by Gasteiger charge is 2.16. The molecule has 2 N–H and O–H groups in total. The number of halogens is 1. The lowest BCUT2D eigenvalue weighted by molar-refractivity contribution is 0.518. The Kier molecular flexibility index (Phi) is 5.56. The van der Waals surface area contributed by atoms with Crippen molar-refractivity contribution in [3.8, 4) is 22.4 Å². The number of nitrogens with zero attached hydrogens (tertiary/aromatic N) is 2. The molecule has 0 unspecified atom stereocenters. The zero-order chi connectivity index (χ0) is 20.2. The molecule has 0 aliphatic carbocycles. The van der Waals surface area contributed by atoms with Gasteiger partial charge in [0, 0.05) is 29.9 Å². The quantitative estimate of drug-likeness (QED) is 0.392. The first-order valence-corrected chi connectivity index (χ1v) is 10.1. The van der Waals surface area contributed by atoms with E-state index in [2.05, 4.69) is 35.2 Å². The van der Waals surface area contributed by atoms with Gasteiger partial charge >= 0.3 is 0 Å².